The maximum atomic E-state index is 12.3. The molecule has 0 N–H and O–H groups in total. The van der Waals surface area contributed by atoms with Gasteiger partial charge in [0.2, 0.25) is 0 Å². The number of hydrogen-bond donors (Lipinski definition) is 0. The van der Waals surface area contributed by atoms with Crippen LogP contribution in [0.1, 0.15) is 54.4 Å². The van der Waals surface area contributed by atoms with Gasteiger partial charge in [-0.05, 0) is 46.6 Å². The van der Waals surface area contributed by atoms with Gasteiger partial charge in [-0.2, -0.15) is 5.57 Å². The number of carbonyl (C=O) groups excluding carboxylic acids is 1. The number of rotatable bonds is 4. The molecule has 0 fully saturated rings. The number of hydrogen-bond acceptors (Lipinski definition) is 2. The summed E-state index contributed by atoms with van der Waals surface area (Å²) in [4.78, 5) is 14.1. The molecule has 0 unspecified atom stereocenters. The van der Waals surface area contributed by atoms with Crippen molar-refractivity contribution in [2.75, 3.05) is 0 Å². The predicted octanol–water partition coefficient (Wildman–Crippen LogP) is 1.71. The van der Waals surface area contributed by atoms with E-state index in [0.717, 1.165) is 30.1 Å². The Morgan fingerprint density at radius 1 is 1.38 bits per heavy atom. The van der Waals surface area contributed by atoms with Gasteiger partial charge in [0, 0.05) is 12.1 Å². The third kappa shape index (κ3) is 5.49. The first-order chi connectivity index (χ1) is 9.23. The average Bonchev–Trinajstić information content (AvgIpc) is 2.30. The van der Waals surface area contributed by atoms with Gasteiger partial charge in [-0.25, -0.2) is 10.9 Å². The molecule has 1 amide bonds. The van der Waals surface area contributed by atoms with Gasteiger partial charge in [0.05, 0.1) is 0 Å². The molecule has 3 nitrogen and oxygen atoms in total. The molecule has 0 aliphatic heterocycles. The van der Waals surface area contributed by atoms with Crippen molar-refractivity contribution in [1.29, 1.82) is 0 Å². The van der Waals surface area contributed by atoms with Crippen LogP contribution in [0.15, 0.2) is 23.8 Å². The minimum absolute atomic E-state index is 0. The second kappa shape index (κ2) is 8.61. The molecule has 4 heteroatoms. The molecule has 114 valence electrons. The zero-order chi connectivity index (χ0) is 15.4. The summed E-state index contributed by atoms with van der Waals surface area (Å²) < 4.78 is 5.66. The summed E-state index contributed by atoms with van der Waals surface area (Å²) in [5.74, 6) is 0.382. The van der Waals surface area contributed by atoms with Crippen LogP contribution in [0.5, 0.6) is 0 Å². The molecule has 0 saturated heterocycles. The second-order valence-corrected chi connectivity index (χ2v) is 6.26. The van der Waals surface area contributed by atoms with Crippen LogP contribution in [-0.2, 0) is 4.74 Å². The quantitative estimate of drug-likeness (QED) is 0.447. The molecule has 0 heterocycles. The first-order valence-corrected chi connectivity index (χ1v) is 7.42. The summed E-state index contributed by atoms with van der Waals surface area (Å²) in [5, 5.41) is 0. The van der Waals surface area contributed by atoms with Crippen LogP contribution in [-0.4, -0.2) is 23.1 Å². The van der Waals surface area contributed by atoms with Gasteiger partial charge >= 0.3 is 25.0 Å². The Morgan fingerprint density at radius 2 is 1.90 bits per heavy atom. The SMILES string of the molecule is C=C(C)[C@@H]1CC=C(C)[C-](OC(=O)N(C(C)C)C(C)C)C1.[Li+]. The third-order valence-corrected chi connectivity index (χ3v) is 3.81. The Morgan fingerprint density at radius 3 is 2.33 bits per heavy atom. The molecule has 0 spiro atoms. The van der Waals surface area contributed by atoms with Crippen LogP contribution in [0.3, 0.4) is 0 Å². The standard InChI is InChI=1S/C17H28NO2.Li/c1-11(2)15-9-8-14(7)16(10-15)20-17(19)18(12(3)4)13(5)6;/h8,12-13,15H,1,9-10H2,2-7H3;/q-1;+1/t15-;/m1./s1. The summed E-state index contributed by atoms with van der Waals surface area (Å²) in [6.07, 6.45) is 4.44. The number of nitrogens with zero attached hydrogens (tertiary/aromatic N) is 1. The molecule has 1 atom stereocenters. The molecule has 1 aliphatic rings. The normalized spacial score (nSPS) is 18.2. The zero-order valence-corrected chi connectivity index (χ0v) is 14.7. The van der Waals surface area contributed by atoms with Crippen molar-refractivity contribution in [3.05, 3.63) is 29.9 Å². The van der Waals surface area contributed by atoms with Crippen molar-refractivity contribution in [2.45, 2.75) is 66.5 Å². The number of carbonyl (C=O) groups is 1. The largest absolute Gasteiger partial charge is 1.00 e. The Bertz CT molecular complexity index is 394. The predicted molar refractivity (Wildman–Crippen MR) is 83.1 cm³/mol. The van der Waals surface area contributed by atoms with E-state index in [0.29, 0.717) is 5.92 Å². The van der Waals surface area contributed by atoms with Gasteiger partial charge in [-0.3, -0.25) is 0 Å². The van der Waals surface area contributed by atoms with E-state index >= 15 is 0 Å². The fourth-order valence-corrected chi connectivity index (χ4v) is 2.57. The van der Waals surface area contributed by atoms with Gasteiger partial charge in [0.15, 0.2) is 0 Å². The van der Waals surface area contributed by atoms with Crippen molar-refractivity contribution >= 4 is 6.09 Å². The van der Waals surface area contributed by atoms with Crippen LogP contribution < -0.4 is 18.9 Å². The molecule has 0 bridgehead atoms. The Hall–Kier alpha value is -0.783. The van der Waals surface area contributed by atoms with Crippen molar-refractivity contribution in [1.82, 2.24) is 4.90 Å². The van der Waals surface area contributed by atoms with Crippen molar-refractivity contribution in [3.63, 3.8) is 0 Å². The molecule has 1 rings (SSSR count). The molecule has 21 heavy (non-hydrogen) atoms. The second-order valence-electron chi connectivity index (χ2n) is 6.26. The summed E-state index contributed by atoms with van der Waals surface area (Å²) in [5.41, 5.74) is 2.22. The topological polar surface area (TPSA) is 29.5 Å². The third-order valence-electron chi connectivity index (χ3n) is 3.81. The fourth-order valence-electron chi connectivity index (χ4n) is 2.57. The van der Waals surface area contributed by atoms with E-state index < -0.39 is 0 Å². The summed E-state index contributed by atoms with van der Waals surface area (Å²) in [6, 6.07) is 0.265. The first kappa shape index (κ1) is 20.2. The fraction of sp³-hybridized carbons (Fsp3) is 0.647. The van der Waals surface area contributed by atoms with Crippen LogP contribution >= 0.6 is 0 Å². The molecular formula is C17H28LiNO2. The zero-order valence-electron chi connectivity index (χ0n) is 14.7. The smallest absolute Gasteiger partial charge is 0.508 e. The van der Waals surface area contributed by atoms with E-state index in [1.54, 1.807) is 4.90 Å². The van der Waals surface area contributed by atoms with E-state index in [1.165, 1.54) is 0 Å². The summed E-state index contributed by atoms with van der Waals surface area (Å²) in [6.45, 7) is 16.1. The van der Waals surface area contributed by atoms with Gasteiger partial charge in [-0.15, -0.1) is 0 Å². The Kier molecular flexibility index (Phi) is 8.29. The first-order valence-electron chi connectivity index (χ1n) is 7.42. The molecule has 0 aromatic heterocycles. The van der Waals surface area contributed by atoms with Crippen LogP contribution in [0.25, 0.3) is 0 Å². The van der Waals surface area contributed by atoms with Gasteiger partial charge in [0.1, 0.15) is 0 Å². The van der Waals surface area contributed by atoms with E-state index in [-0.39, 0.29) is 37.0 Å². The average molecular weight is 285 g/mol. The van der Waals surface area contributed by atoms with E-state index in [1.807, 2.05) is 41.5 Å². The molecule has 0 aromatic carbocycles. The van der Waals surface area contributed by atoms with Gasteiger partial charge in [0.25, 0.3) is 0 Å². The molecule has 0 saturated carbocycles. The van der Waals surface area contributed by atoms with Crippen molar-refractivity contribution in [3.8, 4) is 0 Å². The van der Waals surface area contributed by atoms with E-state index in [4.69, 9.17) is 4.74 Å². The number of amides is 1. The summed E-state index contributed by atoms with van der Waals surface area (Å²) >= 11 is 0. The van der Waals surface area contributed by atoms with E-state index in [9.17, 15) is 4.79 Å². The van der Waals surface area contributed by atoms with Crippen molar-refractivity contribution < 1.29 is 28.4 Å². The van der Waals surface area contributed by atoms with Crippen LogP contribution in [0, 0.1) is 12.0 Å². The molecular weight excluding hydrogens is 257 g/mol. The number of allylic oxidation sites excluding steroid dienone is 2. The Balaban J connectivity index is 0.00000400. The maximum Gasteiger partial charge on any atom is 1.00 e. The maximum absolute atomic E-state index is 12.3. The van der Waals surface area contributed by atoms with Crippen LogP contribution in [0.2, 0.25) is 0 Å². The van der Waals surface area contributed by atoms with Crippen molar-refractivity contribution in [2.24, 2.45) is 5.92 Å². The number of ether oxygens (including phenoxy) is 1. The van der Waals surface area contributed by atoms with Gasteiger partial charge < -0.3 is 9.64 Å². The summed E-state index contributed by atoms with van der Waals surface area (Å²) in [7, 11) is 0. The van der Waals surface area contributed by atoms with Gasteiger partial charge in [-0.1, -0.05) is 31.9 Å². The molecule has 0 aromatic rings. The van der Waals surface area contributed by atoms with E-state index in [2.05, 4.69) is 12.7 Å². The van der Waals surface area contributed by atoms with Crippen LogP contribution in [0.4, 0.5) is 4.79 Å². The molecule has 1 aliphatic carbocycles. The monoisotopic (exact) mass is 285 g/mol. The minimum Gasteiger partial charge on any atom is -0.508 e. The Labute approximate surface area is 142 Å². The minimum atomic E-state index is -0.250. The molecule has 0 radical (unpaired) electrons.